The molecule has 3 nitrogen and oxygen atoms in total. The Labute approximate surface area is 122 Å². The third-order valence-corrected chi connectivity index (χ3v) is 3.50. The molecule has 0 aromatic heterocycles. The Bertz CT molecular complexity index is 412. The highest BCUT2D eigenvalue weighted by molar-refractivity contribution is 5.69. The van der Waals surface area contributed by atoms with E-state index in [-0.39, 0.29) is 12.6 Å². The van der Waals surface area contributed by atoms with Crippen molar-refractivity contribution in [3.8, 4) is 0 Å². The van der Waals surface area contributed by atoms with Gasteiger partial charge in [0, 0.05) is 6.04 Å². The van der Waals surface area contributed by atoms with Crippen molar-refractivity contribution >= 4 is 5.97 Å². The van der Waals surface area contributed by atoms with Crippen LogP contribution in [0.4, 0.5) is 0 Å². The lowest BCUT2D eigenvalue weighted by molar-refractivity contribution is -0.138. The van der Waals surface area contributed by atoms with Crippen molar-refractivity contribution in [2.45, 2.75) is 46.6 Å². The molecule has 1 unspecified atom stereocenters. The van der Waals surface area contributed by atoms with Crippen LogP contribution < -0.4 is 0 Å². The molecule has 0 aliphatic carbocycles. The Morgan fingerprint density at radius 2 is 1.80 bits per heavy atom. The van der Waals surface area contributed by atoms with Crippen LogP contribution >= 0.6 is 0 Å². The minimum atomic E-state index is -0.762. The molecule has 0 amide bonds. The molecule has 3 heteroatoms. The summed E-state index contributed by atoms with van der Waals surface area (Å²) < 4.78 is 0. The minimum absolute atomic E-state index is 0.1000. The summed E-state index contributed by atoms with van der Waals surface area (Å²) in [6.07, 6.45) is 2.05. The number of hydrogen-bond donors (Lipinski definition) is 1. The van der Waals surface area contributed by atoms with Gasteiger partial charge in [0.2, 0.25) is 0 Å². The SMILES string of the molecule is CCCN(CC(=O)O)C(C)c1ccc(CC(C)C)cc1. The molecular formula is C17H27NO2. The van der Waals surface area contributed by atoms with E-state index in [1.807, 2.05) is 4.90 Å². The first-order valence-corrected chi connectivity index (χ1v) is 7.48. The summed E-state index contributed by atoms with van der Waals surface area (Å²) in [6, 6.07) is 8.73. The van der Waals surface area contributed by atoms with Crippen molar-refractivity contribution in [1.29, 1.82) is 0 Å². The van der Waals surface area contributed by atoms with Crippen molar-refractivity contribution in [3.05, 3.63) is 35.4 Å². The van der Waals surface area contributed by atoms with Gasteiger partial charge in [0.25, 0.3) is 0 Å². The van der Waals surface area contributed by atoms with Crippen LogP contribution in [0, 0.1) is 5.92 Å². The number of aliphatic carboxylic acids is 1. The van der Waals surface area contributed by atoms with Gasteiger partial charge in [-0.15, -0.1) is 0 Å². The normalized spacial score (nSPS) is 12.9. The predicted octanol–water partition coefficient (Wildman–Crippen LogP) is 3.74. The van der Waals surface area contributed by atoms with Crippen LogP contribution in [-0.2, 0) is 11.2 Å². The number of benzene rings is 1. The molecular weight excluding hydrogens is 250 g/mol. The molecule has 0 bridgehead atoms. The summed E-state index contributed by atoms with van der Waals surface area (Å²) in [5.74, 6) is -0.108. The van der Waals surface area contributed by atoms with Gasteiger partial charge in [0.1, 0.15) is 0 Å². The van der Waals surface area contributed by atoms with Gasteiger partial charge in [-0.25, -0.2) is 0 Å². The highest BCUT2D eigenvalue weighted by Gasteiger charge is 2.17. The summed E-state index contributed by atoms with van der Waals surface area (Å²) in [6.45, 7) is 9.49. The highest BCUT2D eigenvalue weighted by Crippen LogP contribution is 2.21. The second-order valence-corrected chi connectivity index (χ2v) is 5.88. The maximum Gasteiger partial charge on any atom is 0.317 e. The summed E-state index contributed by atoms with van der Waals surface area (Å²) in [5.41, 5.74) is 2.53. The van der Waals surface area contributed by atoms with Crippen molar-refractivity contribution in [2.24, 2.45) is 5.92 Å². The maximum absolute atomic E-state index is 11.0. The van der Waals surface area contributed by atoms with Gasteiger partial charge in [0.05, 0.1) is 6.54 Å². The van der Waals surface area contributed by atoms with Crippen molar-refractivity contribution in [2.75, 3.05) is 13.1 Å². The Kier molecular flexibility index (Phi) is 6.73. The first-order valence-electron chi connectivity index (χ1n) is 7.48. The molecule has 0 spiro atoms. The van der Waals surface area contributed by atoms with Gasteiger partial charge in [-0.1, -0.05) is 45.0 Å². The number of hydrogen-bond acceptors (Lipinski definition) is 2. The zero-order valence-corrected chi connectivity index (χ0v) is 13.1. The molecule has 1 N–H and O–H groups in total. The first kappa shape index (κ1) is 16.7. The average Bonchev–Trinajstić information content (AvgIpc) is 2.37. The van der Waals surface area contributed by atoms with E-state index in [9.17, 15) is 4.79 Å². The van der Waals surface area contributed by atoms with Crippen LogP contribution in [0.5, 0.6) is 0 Å². The molecule has 20 heavy (non-hydrogen) atoms. The molecule has 0 aliphatic rings. The van der Waals surface area contributed by atoms with Gasteiger partial charge in [0.15, 0.2) is 0 Å². The van der Waals surface area contributed by atoms with E-state index in [1.54, 1.807) is 0 Å². The number of rotatable bonds is 8. The monoisotopic (exact) mass is 277 g/mol. The second kappa shape index (κ2) is 8.05. The number of carboxylic acids is 1. The standard InChI is InChI=1S/C17H27NO2/c1-5-10-18(12-17(19)20)14(4)16-8-6-15(7-9-16)11-13(2)3/h6-9,13-14H,5,10-12H2,1-4H3,(H,19,20). The zero-order chi connectivity index (χ0) is 15.1. The Hall–Kier alpha value is -1.35. The molecule has 1 atom stereocenters. The fraction of sp³-hybridized carbons (Fsp3) is 0.588. The number of nitrogens with zero attached hydrogens (tertiary/aromatic N) is 1. The van der Waals surface area contributed by atoms with Crippen LogP contribution in [0.25, 0.3) is 0 Å². The van der Waals surface area contributed by atoms with Crippen LogP contribution in [0.1, 0.15) is 51.3 Å². The summed E-state index contributed by atoms with van der Waals surface area (Å²) in [7, 11) is 0. The van der Waals surface area contributed by atoms with Gasteiger partial charge >= 0.3 is 5.97 Å². The zero-order valence-electron chi connectivity index (χ0n) is 13.1. The highest BCUT2D eigenvalue weighted by atomic mass is 16.4. The van der Waals surface area contributed by atoms with E-state index in [4.69, 9.17) is 5.11 Å². The smallest absolute Gasteiger partial charge is 0.317 e. The predicted molar refractivity (Wildman–Crippen MR) is 82.9 cm³/mol. The minimum Gasteiger partial charge on any atom is -0.480 e. The Morgan fingerprint density at radius 1 is 1.20 bits per heavy atom. The third kappa shape index (κ3) is 5.33. The molecule has 112 valence electrons. The van der Waals surface area contributed by atoms with Crippen LogP contribution in [0.3, 0.4) is 0 Å². The molecule has 0 fully saturated rings. The maximum atomic E-state index is 11.0. The molecule has 1 aromatic carbocycles. The van der Waals surface area contributed by atoms with Crippen molar-refractivity contribution < 1.29 is 9.90 Å². The molecule has 0 aliphatic heterocycles. The van der Waals surface area contributed by atoms with Crippen molar-refractivity contribution in [3.63, 3.8) is 0 Å². The fourth-order valence-corrected chi connectivity index (χ4v) is 2.49. The summed E-state index contributed by atoms with van der Waals surface area (Å²) in [4.78, 5) is 13.0. The third-order valence-electron chi connectivity index (χ3n) is 3.50. The molecule has 1 aromatic rings. The van der Waals surface area contributed by atoms with Gasteiger partial charge < -0.3 is 5.11 Å². The van der Waals surface area contributed by atoms with E-state index in [1.165, 1.54) is 11.1 Å². The van der Waals surface area contributed by atoms with Gasteiger partial charge in [-0.05, 0) is 43.4 Å². The lowest BCUT2D eigenvalue weighted by Crippen LogP contribution is -2.33. The van der Waals surface area contributed by atoms with Gasteiger partial charge in [-0.3, -0.25) is 9.69 Å². The van der Waals surface area contributed by atoms with E-state index in [0.717, 1.165) is 19.4 Å². The lowest BCUT2D eigenvalue weighted by atomic mass is 9.99. The van der Waals surface area contributed by atoms with Crippen molar-refractivity contribution in [1.82, 2.24) is 4.90 Å². The van der Waals surface area contributed by atoms with Gasteiger partial charge in [-0.2, -0.15) is 0 Å². The molecule has 0 saturated carbocycles. The quantitative estimate of drug-likeness (QED) is 0.787. The van der Waals surface area contributed by atoms with Crippen LogP contribution in [0.15, 0.2) is 24.3 Å². The number of carboxylic acid groups (broad SMARTS) is 1. The number of carbonyl (C=O) groups is 1. The van der Waals surface area contributed by atoms with E-state index in [2.05, 4.69) is 52.0 Å². The summed E-state index contributed by atoms with van der Waals surface area (Å²) >= 11 is 0. The summed E-state index contributed by atoms with van der Waals surface area (Å²) in [5, 5.41) is 9.01. The van der Waals surface area contributed by atoms with Crippen LogP contribution in [0.2, 0.25) is 0 Å². The fourth-order valence-electron chi connectivity index (χ4n) is 2.49. The Morgan fingerprint density at radius 3 is 2.25 bits per heavy atom. The second-order valence-electron chi connectivity index (χ2n) is 5.88. The molecule has 0 radical (unpaired) electrons. The lowest BCUT2D eigenvalue weighted by Gasteiger charge is -2.27. The molecule has 0 saturated heterocycles. The average molecular weight is 277 g/mol. The first-order chi connectivity index (χ1) is 9.43. The van der Waals surface area contributed by atoms with E-state index >= 15 is 0 Å². The largest absolute Gasteiger partial charge is 0.480 e. The van der Waals surface area contributed by atoms with E-state index < -0.39 is 5.97 Å². The van der Waals surface area contributed by atoms with Crippen LogP contribution in [-0.4, -0.2) is 29.1 Å². The van der Waals surface area contributed by atoms with E-state index in [0.29, 0.717) is 5.92 Å². The molecule has 1 rings (SSSR count). The topological polar surface area (TPSA) is 40.5 Å². The molecule has 0 heterocycles. The Balaban J connectivity index is 2.77.